The second-order valence-corrected chi connectivity index (χ2v) is 26.2. The molecule has 0 fully saturated rings. The van der Waals surface area contributed by atoms with E-state index in [-0.39, 0.29) is 25.1 Å². The summed E-state index contributed by atoms with van der Waals surface area (Å²) >= 11 is 0. The summed E-state index contributed by atoms with van der Waals surface area (Å²) in [4.78, 5) is 37.8. The number of esters is 1. The van der Waals surface area contributed by atoms with Crippen LogP contribution in [0.1, 0.15) is 355 Å². The van der Waals surface area contributed by atoms with Crippen molar-refractivity contribution in [2.24, 2.45) is 0 Å². The Morgan fingerprint density at radius 3 is 1.06 bits per heavy atom. The zero-order valence-corrected chi connectivity index (χ0v) is 53.4. The average Bonchev–Trinajstić information content (AvgIpc) is 3.39. The van der Waals surface area contributed by atoms with Gasteiger partial charge in [-0.05, 0) is 31.8 Å². The summed E-state index contributed by atoms with van der Waals surface area (Å²) in [7, 11) is 1.52. The van der Waals surface area contributed by atoms with E-state index in [1.54, 1.807) is 0 Å². The monoisotopic (exact) mass is 1110 g/mol. The lowest BCUT2D eigenvalue weighted by molar-refractivity contribution is -0.870. The molecule has 0 saturated carbocycles. The number of ether oxygens (including phenoxy) is 1. The Labute approximate surface area is 480 Å². The predicted octanol–water partition coefficient (Wildman–Crippen LogP) is 21.1. The number of quaternary nitrogens is 1. The van der Waals surface area contributed by atoms with E-state index < -0.39 is 20.0 Å². The van der Waals surface area contributed by atoms with E-state index in [0.717, 1.165) is 57.8 Å². The Bertz CT molecular complexity index is 1320. The van der Waals surface area contributed by atoms with Crippen LogP contribution >= 0.6 is 7.82 Å². The van der Waals surface area contributed by atoms with Crippen LogP contribution in [0.2, 0.25) is 0 Å². The van der Waals surface area contributed by atoms with Crippen molar-refractivity contribution in [2.45, 2.75) is 367 Å². The number of phosphoric ester groups is 1. The van der Waals surface area contributed by atoms with Crippen LogP contribution in [0.5, 0.6) is 0 Å². The number of hydrogen-bond acceptors (Lipinski definition) is 6. The molecule has 77 heavy (non-hydrogen) atoms. The molecule has 0 aromatic heterocycles. The summed E-state index contributed by atoms with van der Waals surface area (Å²) in [6.45, 7) is 7.09. The van der Waals surface area contributed by atoms with Crippen molar-refractivity contribution >= 4 is 19.7 Å². The molecule has 0 bridgehead atoms. The number of nitrogens with one attached hydrogen (secondary N) is 1. The number of amides is 1. The highest BCUT2D eigenvalue weighted by Gasteiger charge is 2.30. The van der Waals surface area contributed by atoms with Crippen LogP contribution in [-0.4, -0.2) is 74.3 Å². The Morgan fingerprint density at radius 1 is 0.442 bits per heavy atom. The highest BCUT2D eigenvalue weighted by atomic mass is 31.2. The molecule has 0 aliphatic heterocycles. The van der Waals surface area contributed by atoms with E-state index in [9.17, 15) is 19.0 Å². The predicted molar refractivity (Wildman–Crippen MR) is 333 cm³/mol. The Hall–Kier alpha value is -1.25. The maximum absolute atomic E-state index is 13.6. The third-order valence-corrected chi connectivity index (χ3v) is 16.7. The molecule has 3 atom stereocenters. The lowest BCUT2D eigenvalue weighted by atomic mass is 10.0. The van der Waals surface area contributed by atoms with Gasteiger partial charge >= 0.3 is 13.8 Å². The zero-order chi connectivity index (χ0) is 56.4. The first kappa shape index (κ1) is 75.8. The van der Waals surface area contributed by atoms with E-state index in [2.05, 4.69) is 32.2 Å². The van der Waals surface area contributed by atoms with E-state index in [4.69, 9.17) is 13.8 Å². The maximum atomic E-state index is 13.6. The fraction of sp³-hybridized carbons (Fsp3) is 0.940. The standard InChI is InChI=1S/C67H133N2O7P/c1-7-10-13-16-19-22-25-28-30-32-33-34-35-37-38-41-44-47-50-53-56-59-66(70)68-64(63-75-77(72,73)74-62-61-69(4,5)6)65(58-55-52-49-46-43-40-27-24-21-18-15-12-9-3)76-67(71)60-57-54-51-48-45-42-39-36-31-29-26-23-20-17-14-11-8-2/h55,58,64-65H,7-54,56-57,59-63H2,1-6H3,(H-,68,70,72,73)/p+1/b58-55+. The van der Waals surface area contributed by atoms with E-state index >= 15 is 0 Å². The molecule has 0 saturated heterocycles. The normalized spacial score (nSPS) is 13.6. The second kappa shape index (κ2) is 58.0. The lowest BCUT2D eigenvalue weighted by Crippen LogP contribution is -2.47. The van der Waals surface area contributed by atoms with Crippen molar-refractivity contribution in [1.82, 2.24) is 5.32 Å². The number of carbonyl (C=O) groups excluding carboxylic acids is 2. The molecule has 0 aromatic rings. The van der Waals surface area contributed by atoms with E-state index in [1.807, 2.05) is 27.2 Å². The quantitative estimate of drug-likeness (QED) is 0.0205. The summed E-state index contributed by atoms with van der Waals surface area (Å²) in [5.74, 6) is -0.478. The van der Waals surface area contributed by atoms with Gasteiger partial charge in [0.25, 0.3) is 0 Å². The van der Waals surface area contributed by atoms with Crippen molar-refractivity contribution in [1.29, 1.82) is 0 Å². The largest absolute Gasteiger partial charge is 0.472 e. The van der Waals surface area contributed by atoms with Crippen LogP contribution in [0, 0.1) is 0 Å². The summed E-state index contributed by atoms with van der Waals surface area (Å²) in [6, 6.07) is -0.840. The summed E-state index contributed by atoms with van der Waals surface area (Å²) in [5, 5.41) is 3.08. The molecular weight excluding hydrogens is 976 g/mol. The number of rotatable bonds is 63. The molecule has 0 radical (unpaired) electrons. The van der Waals surface area contributed by atoms with Gasteiger partial charge in [-0.1, -0.05) is 322 Å². The highest BCUT2D eigenvalue weighted by Crippen LogP contribution is 2.43. The van der Waals surface area contributed by atoms with Crippen molar-refractivity contribution in [3.63, 3.8) is 0 Å². The Kier molecular flexibility index (Phi) is 57.0. The maximum Gasteiger partial charge on any atom is 0.472 e. The Morgan fingerprint density at radius 2 is 0.740 bits per heavy atom. The van der Waals surface area contributed by atoms with Gasteiger partial charge in [0.2, 0.25) is 5.91 Å². The third kappa shape index (κ3) is 59.2. The molecule has 458 valence electrons. The van der Waals surface area contributed by atoms with Crippen molar-refractivity contribution in [3.05, 3.63) is 12.2 Å². The van der Waals surface area contributed by atoms with Crippen molar-refractivity contribution in [2.75, 3.05) is 40.9 Å². The smallest absolute Gasteiger partial charge is 0.456 e. The topological polar surface area (TPSA) is 111 Å². The number of nitrogens with zero attached hydrogens (tertiary/aromatic N) is 1. The average molecular weight is 1110 g/mol. The molecule has 0 aliphatic rings. The fourth-order valence-electron chi connectivity index (χ4n) is 10.5. The van der Waals surface area contributed by atoms with Crippen molar-refractivity contribution in [3.8, 4) is 0 Å². The molecule has 2 N–H and O–H groups in total. The summed E-state index contributed by atoms with van der Waals surface area (Å²) < 4.78 is 30.8. The number of hydrogen-bond donors (Lipinski definition) is 2. The minimum Gasteiger partial charge on any atom is -0.456 e. The van der Waals surface area contributed by atoms with Crippen LogP contribution in [-0.2, 0) is 27.9 Å². The van der Waals surface area contributed by atoms with E-state index in [1.165, 1.54) is 263 Å². The van der Waals surface area contributed by atoms with Gasteiger partial charge in [-0.15, -0.1) is 0 Å². The molecule has 10 heteroatoms. The zero-order valence-electron chi connectivity index (χ0n) is 52.5. The van der Waals surface area contributed by atoms with Gasteiger partial charge in [0.05, 0.1) is 33.8 Å². The highest BCUT2D eigenvalue weighted by molar-refractivity contribution is 7.47. The second-order valence-electron chi connectivity index (χ2n) is 24.7. The minimum atomic E-state index is -4.44. The molecule has 0 rings (SSSR count). The first-order chi connectivity index (χ1) is 37.4. The van der Waals surface area contributed by atoms with Gasteiger partial charge in [-0.3, -0.25) is 18.6 Å². The lowest BCUT2D eigenvalue weighted by Gasteiger charge is -2.27. The molecular formula is C67H134N2O7P+. The summed E-state index contributed by atoms with van der Waals surface area (Å²) in [6.07, 6.45) is 67.8. The minimum absolute atomic E-state index is 0.0460. The number of likely N-dealkylation sites (N-methyl/N-ethyl adjacent to an activating group) is 1. The molecule has 0 spiro atoms. The SMILES string of the molecule is CCCCCCCCCCCCC/C=C/C(OC(=O)CCCCCCCCCCCCCCCCCCC)C(COP(=O)(O)OCC[N+](C)(C)C)NC(=O)CCCCCCCCCCCCCCCCCCCCCCC. The van der Waals surface area contributed by atoms with Gasteiger partial charge in [-0.25, -0.2) is 4.57 Å². The molecule has 3 unspecified atom stereocenters. The first-order valence-electron chi connectivity index (χ1n) is 34.0. The molecule has 0 aliphatic carbocycles. The number of phosphoric acid groups is 1. The van der Waals surface area contributed by atoms with Gasteiger partial charge in [0, 0.05) is 12.8 Å². The van der Waals surface area contributed by atoms with E-state index in [0.29, 0.717) is 23.9 Å². The molecule has 1 amide bonds. The van der Waals surface area contributed by atoms with Gasteiger partial charge in [-0.2, -0.15) is 0 Å². The van der Waals surface area contributed by atoms with Gasteiger partial charge in [0.1, 0.15) is 19.3 Å². The Balaban J connectivity index is 5.13. The first-order valence-corrected chi connectivity index (χ1v) is 35.5. The number of allylic oxidation sites excluding steroid dienone is 1. The molecule has 0 aromatic carbocycles. The fourth-order valence-corrected chi connectivity index (χ4v) is 11.2. The van der Waals surface area contributed by atoms with Crippen LogP contribution in [0.15, 0.2) is 12.2 Å². The van der Waals surface area contributed by atoms with Crippen LogP contribution in [0.25, 0.3) is 0 Å². The van der Waals surface area contributed by atoms with Gasteiger partial charge < -0.3 is 19.4 Å². The van der Waals surface area contributed by atoms with Crippen LogP contribution in [0.3, 0.4) is 0 Å². The number of unbranched alkanes of at least 4 members (excludes halogenated alkanes) is 47. The van der Waals surface area contributed by atoms with Gasteiger partial charge in [0.15, 0.2) is 0 Å². The third-order valence-electron chi connectivity index (χ3n) is 15.7. The summed E-state index contributed by atoms with van der Waals surface area (Å²) in [5.41, 5.74) is 0. The van der Waals surface area contributed by atoms with Crippen LogP contribution < -0.4 is 5.32 Å². The number of carbonyl (C=O) groups is 2. The molecule has 9 nitrogen and oxygen atoms in total. The molecule has 0 heterocycles. The van der Waals surface area contributed by atoms with Crippen LogP contribution in [0.4, 0.5) is 0 Å². The van der Waals surface area contributed by atoms with Crippen molar-refractivity contribution < 1.29 is 37.3 Å².